The van der Waals surface area contributed by atoms with E-state index >= 15 is 0 Å². The van der Waals surface area contributed by atoms with E-state index in [-0.39, 0.29) is 12.2 Å². The number of hydrogen-bond acceptors (Lipinski definition) is 3. The lowest BCUT2D eigenvalue weighted by atomic mass is 10.0. The highest BCUT2D eigenvalue weighted by atomic mass is 79.9. The molecule has 16 heavy (non-hydrogen) atoms. The molecule has 1 aromatic rings. The molecule has 1 atom stereocenters. The fourth-order valence-corrected chi connectivity index (χ4v) is 1.72. The maximum atomic E-state index is 11.4. The molecule has 0 aliphatic carbocycles. The van der Waals surface area contributed by atoms with E-state index in [9.17, 15) is 9.90 Å². The molecule has 0 spiro atoms. The lowest BCUT2D eigenvalue weighted by Crippen LogP contribution is -2.14. The van der Waals surface area contributed by atoms with E-state index in [2.05, 4.69) is 22.5 Å². The van der Waals surface area contributed by atoms with Crippen LogP contribution in [-0.4, -0.2) is 17.7 Å². The number of aliphatic hydroxyl groups excluding tert-OH is 1. The minimum Gasteiger partial charge on any atom is -0.463 e. The second-order valence-corrected chi connectivity index (χ2v) is 4.02. The highest BCUT2D eigenvalue weighted by Gasteiger charge is 2.20. The third kappa shape index (κ3) is 2.93. The van der Waals surface area contributed by atoms with E-state index < -0.39 is 12.1 Å². The SMILES string of the molecule is C=C(C(=O)OCC)C(O)c1ccccc1Br. The smallest absolute Gasteiger partial charge is 0.336 e. The molecule has 0 aromatic heterocycles. The first-order valence-electron chi connectivity index (χ1n) is 4.86. The van der Waals surface area contributed by atoms with Gasteiger partial charge in [-0.05, 0) is 18.6 Å². The van der Waals surface area contributed by atoms with E-state index in [0.717, 1.165) is 4.47 Å². The van der Waals surface area contributed by atoms with Crippen LogP contribution in [0, 0.1) is 0 Å². The minimum atomic E-state index is -1.05. The first kappa shape index (κ1) is 12.9. The van der Waals surface area contributed by atoms with Gasteiger partial charge in [-0.15, -0.1) is 0 Å². The first-order valence-corrected chi connectivity index (χ1v) is 5.65. The van der Waals surface area contributed by atoms with Crippen LogP contribution < -0.4 is 0 Å². The Balaban J connectivity index is 2.86. The van der Waals surface area contributed by atoms with Crippen LogP contribution in [0.1, 0.15) is 18.6 Å². The van der Waals surface area contributed by atoms with Gasteiger partial charge < -0.3 is 9.84 Å². The van der Waals surface area contributed by atoms with Gasteiger partial charge in [0.2, 0.25) is 0 Å². The summed E-state index contributed by atoms with van der Waals surface area (Å²) in [6.45, 7) is 5.51. The number of esters is 1. The highest BCUT2D eigenvalue weighted by Crippen LogP contribution is 2.27. The van der Waals surface area contributed by atoms with Crippen molar-refractivity contribution in [2.75, 3.05) is 6.61 Å². The van der Waals surface area contributed by atoms with E-state index in [0.29, 0.717) is 5.56 Å². The van der Waals surface area contributed by atoms with Gasteiger partial charge in [-0.3, -0.25) is 0 Å². The summed E-state index contributed by atoms with van der Waals surface area (Å²) < 4.78 is 5.50. The Kier molecular flexibility index (Phi) is 4.71. The van der Waals surface area contributed by atoms with Gasteiger partial charge >= 0.3 is 5.97 Å². The van der Waals surface area contributed by atoms with Crippen LogP contribution in [0.25, 0.3) is 0 Å². The Morgan fingerprint density at radius 1 is 1.56 bits per heavy atom. The lowest BCUT2D eigenvalue weighted by molar-refractivity contribution is -0.139. The fraction of sp³-hybridized carbons (Fsp3) is 0.250. The van der Waals surface area contributed by atoms with Gasteiger partial charge in [-0.1, -0.05) is 40.7 Å². The van der Waals surface area contributed by atoms with Crippen molar-refractivity contribution in [1.29, 1.82) is 0 Å². The first-order chi connectivity index (χ1) is 7.57. The Morgan fingerprint density at radius 2 is 2.19 bits per heavy atom. The van der Waals surface area contributed by atoms with Gasteiger partial charge in [-0.25, -0.2) is 4.79 Å². The fourth-order valence-electron chi connectivity index (χ4n) is 1.22. The van der Waals surface area contributed by atoms with Crippen LogP contribution in [0.3, 0.4) is 0 Å². The van der Waals surface area contributed by atoms with Crippen LogP contribution >= 0.6 is 15.9 Å². The summed E-state index contributed by atoms with van der Waals surface area (Å²) in [6.07, 6.45) is -1.05. The van der Waals surface area contributed by atoms with Gasteiger partial charge in [0.1, 0.15) is 6.10 Å². The average Bonchev–Trinajstić information content (AvgIpc) is 2.28. The third-order valence-corrected chi connectivity index (χ3v) is 2.79. The number of halogens is 1. The summed E-state index contributed by atoms with van der Waals surface area (Å²) in [4.78, 5) is 11.4. The van der Waals surface area contributed by atoms with Crippen LogP contribution in [-0.2, 0) is 9.53 Å². The summed E-state index contributed by atoms with van der Waals surface area (Å²) in [7, 11) is 0. The monoisotopic (exact) mass is 284 g/mol. The summed E-state index contributed by atoms with van der Waals surface area (Å²) in [5, 5.41) is 9.94. The van der Waals surface area contributed by atoms with E-state index in [1.165, 1.54) is 0 Å². The predicted octanol–water partition coefficient (Wildman–Crippen LogP) is 2.60. The quantitative estimate of drug-likeness (QED) is 0.683. The van der Waals surface area contributed by atoms with Crippen molar-refractivity contribution in [1.82, 2.24) is 0 Å². The highest BCUT2D eigenvalue weighted by molar-refractivity contribution is 9.10. The standard InChI is InChI=1S/C12H13BrO3/c1-3-16-12(15)8(2)11(14)9-6-4-5-7-10(9)13/h4-7,11,14H,2-3H2,1H3. The van der Waals surface area contributed by atoms with Gasteiger partial charge in [0.15, 0.2) is 0 Å². The summed E-state index contributed by atoms with van der Waals surface area (Å²) >= 11 is 3.30. The van der Waals surface area contributed by atoms with Gasteiger partial charge in [-0.2, -0.15) is 0 Å². The molecule has 0 aliphatic heterocycles. The number of rotatable bonds is 4. The molecule has 3 nitrogen and oxygen atoms in total. The molecule has 0 radical (unpaired) electrons. The van der Waals surface area contributed by atoms with Gasteiger partial charge in [0.05, 0.1) is 12.2 Å². The predicted molar refractivity (Wildman–Crippen MR) is 64.9 cm³/mol. The van der Waals surface area contributed by atoms with Crippen LogP contribution in [0.2, 0.25) is 0 Å². The molecule has 0 fully saturated rings. The van der Waals surface area contributed by atoms with Crippen LogP contribution in [0.4, 0.5) is 0 Å². The Labute approximate surface area is 103 Å². The van der Waals surface area contributed by atoms with Crippen molar-refractivity contribution in [3.05, 3.63) is 46.5 Å². The molecule has 0 bridgehead atoms. The van der Waals surface area contributed by atoms with Crippen molar-refractivity contribution >= 4 is 21.9 Å². The maximum Gasteiger partial charge on any atom is 0.336 e. The van der Waals surface area contributed by atoms with Gasteiger partial charge in [0.25, 0.3) is 0 Å². The topological polar surface area (TPSA) is 46.5 Å². The number of carbonyl (C=O) groups excluding carboxylic acids is 1. The summed E-state index contributed by atoms with van der Waals surface area (Å²) in [6, 6.07) is 7.12. The summed E-state index contributed by atoms with van der Waals surface area (Å²) in [5.74, 6) is -0.578. The molecule has 0 aliphatic rings. The van der Waals surface area contributed by atoms with Gasteiger partial charge in [0, 0.05) is 4.47 Å². The maximum absolute atomic E-state index is 11.4. The number of hydrogen-bond donors (Lipinski definition) is 1. The van der Waals surface area contributed by atoms with Crippen molar-refractivity contribution in [3.63, 3.8) is 0 Å². The average molecular weight is 285 g/mol. The van der Waals surface area contributed by atoms with Crippen molar-refractivity contribution in [2.24, 2.45) is 0 Å². The number of aliphatic hydroxyl groups is 1. The Morgan fingerprint density at radius 3 is 2.75 bits per heavy atom. The van der Waals surface area contributed by atoms with Crippen LogP contribution in [0.15, 0.2) is 40.9 Å². The molecular formula is C12H13BrO3. The second-order valence-electron chi connectivity index (χ2n) is 3.17. The van der Waals surface area contributed by atoms with E-state index in [1.807, 2.05) is 6.07 Å². The minimum absolute atomic E-state index is 0.0359. The normalized spacial score (nSPS) is 11.9. The van der Waals surface area contributed by atoms with Crippen molar-refractivity contribution in [3.8, 4) is 0 Å². The second kappa shape index (κ2) is 5.82. The lowest BCUT2D eigenvalue weighted by Gasteiger charge is -2.14. The molecule has 1 rings (SSSR count). The molecule has 0 amide bonds. The molecule has 0 heterocycles. The zero-order valence-corrected chi connectivity index (χ0v) is 10.5. The van der Waals surface area contributed by atoms with Crippen LogP contribution in [0.5, 0.6) is 0 Å². The summed E-state index contributed by atoms with van der Waals surface area (Å²) in [5.41, 5.74) is 0.634. The number of benzene rings is 1. The molecule has 4 heteroatoms. The molecule has 0 saturated carbocycles. The van der Waals surface area contributed by atoms with Crippen molar-refractivity contribution in [2.45, 2.75) is 13.0 Å². The number of ether oxygens (including phenoxy) is 1. The van der Waals surface area contributed by atoms with E-state index in [4.69, 9.17) is 4.74 Å². The third-order valence-electron chi connectivity index (χ3n) is 2.07. The molecule has 1 N–H and O–H groups in total. The van der Waals surface area contributed by atoms with Crippen molar-refractivity contribution < 1.29 is 14.6 Å². The Hall–Kier alpha value is -1.13. The zero-order chi connectivity index (χ0) is 12.1. The molecule has 86 valence electrons. The van der Waals surface area contributed by atoms with E-state index in [1.54, 1.807) is 25.1 Å². The molecular weight excluding hydrogens is 272 g/mol. The Bertz CT molecular complexity index is 401. The molecule has 1 aromatic carbocycles. The number of carbonyl (C=O) groups is 1. The molecule has 0 saturated heterocycles. The largest absolute Gasteiger partial charge is 0.463 e. The zero-order valence-electron chi connectivity index (χ0n) is 8.94. The molecule has 1 unspecified atom stereocenters.